The van der Waals surface area contributed by atoms with Crippen molar-refractivity contribution in [2.24, 2.45) is 5.92 Å². The molecule has 0 spiro atoms. The van der Waals surface area contributed by atoms with Crippen molar-refractivity contribution in [3.05, 3.63) is 68.6 Å². The van der Waals surface area contributed by atoms with Crippen molar-refractivity contribution in [2.75, 3.05) is 30.3 Å². The highest BCUT2D eigenvalue weighted by atomic mass is 35.5. The molecule has 3 heterocycles. The molecule has 1 fully saturated rings. The molecule has 0 saturated carbocycles. The van der Waals surface area contributed by atoms with E-state index in [4.69, 9.17) is 28.2 Å². The second kappa shape index (κ2) is 11.6. The van der Waals surface area contributed by atoms with Gasteiger partial charge in [0.05, 0.1) is 5.56 Å². The molecule has 4 aromatic rings. The molecule has 196 valence electrons. The summed E-state index contributed by atoms with van der Waals surface area (Å²) in [6.45, 7) is 2.62. The fourth-order valence-corrected chi connectivity index (χ4v) is 5.44. The first-order valence-corrected chi connectivity index (χ1v) is 12.8. The molecule has 3 N–H and O–H groups in total. The molecular formula is C24H22Cl3F3N6S. The molecular weight excluding hydrogens is 568 g/mol. The molecule has 6 nitrogen and oxygen atoms in total. The summed E-state index contributed by atoms with van der Waals surface area (Å²) in [5.74, 6) is 1.30. The summed E-state index contributed by atoms with van der Waals surface area (Å²) in [5, 5.41) is 11.6. The lowest BCUT2D eigenvalue weighted by Gasteiger charge is -2.12. The number of thiazole rings is 1. The maximum Gasteiger partial charge on any atom is 0.416 e. The largest absolute Gasteiger partial charge is 0.416 e. The maximum absolute atomic E-state index is 13.0. The van der Waals surface area contributed by atoms with Crippen LogP contribution in [0.3, 0.4) is 0 Å². The summed E-state index contributed by atoms with van der Waals surface area (Å²) in [4.78, 5) is 14.6. The smallest absolute Gasteiger partial charge is 0.354 e. The maximum atomic E-state index is 13.0. The van der Waals surface area contributed by atoms with E-state index in [0.717, 1.165) is 42.2 Å². The van der Waals surface area contributed by atoms with Crippen molar-refractivity contribution >= 4 is 74.7 Å². The van der Waals surface area contributed by atoms with Gasteiger partial charge < -0.3 is 16.0 Å². The van der Waals surface area contributed by atoms with Crippen LogP contribution in [0.2, 0.25) is 10.0 Å². The van der Waals surface area contributed by atoms with Gasteiger partial charge in [-0.15, -0.1) is 12.4 Å². The zero-order valence-electron chi connectivity index (χ0n) is 19.2. The minimum atomic E-state index is -4.41. The number of halogens is 6. The zero-order valence-corrected chi connectivity index (χ0v) is 22.3. The van der Waals surface area contributed by atoms with Crippen molar-refractivity contribution in [3.63, 3.8) is 0 Å². The Morgan fingerprint density at radius 1 is 1.03 bits per heavy atom. The number of benzene rings is 2. The third-order valence-corrected chi connectivity index (χ3v) is 7.54. The molecule has 0 aliphatic carbocycles. The number of nitrogens with one attached hydrogen (secondary N) is 3. The zero-order chi connectivity index (χ0) is 25.3. The Hall–Kier alpha value is -2.37. The van der Waals surface area contributed by atoms with Gasteiger partial charge in [-0.3, -0.25) is 0 Å². The molecule has 0 unspecified atom stereocenters. The molecule has 0 bridgehead atoms. The quantitative estimate of drug-likeness (QED) is 0.212. The lowest BCUT2D eigenvalue weighted by atomic mass is 10.1. The first-order valence-electron chi connectivity index (χ1n) is 11.3. The number of hydrogen-bond acceptors (Lipinski definition) is 7. The van der Waals surface area contributed by atoms with Crippen LogP contribution in [0.15, 0.2) is 42.5 Å². The van der Waals surface area contributed by atoms with Gasteiger partial charge in [0.1, 0.15) is 10.5 Å². The molecule has 37 heavy (non-hydrogen) atoms. The minimum absolute atomic E-state index is 0. The Balaban J connectivity index is 0.00000320. The van der Waals surface area contributed by atoms with Gasteiger partial charge in [-0.1, -0.05) is 40.6 Å². The fourth-order valence-electron chi connectivity index (χ4n) is 3.96. The van der Waals surface area contributed by atoms with Gasteiger partial charge in [0.15, 0.2) is 10.6 Å². The monoisotopic (exact) mass is 588 g/mol. The first kappa shape index (κ1) is 27.7. The third kappa shape index (κ3) is 6.56. The molecule has 2 aromatic heterocycles. The SMILES string of the molecule is Cl.FC(F)(F)c1ccc(Nc2nc(NC[C@@H]3CCNC3)nc3sc(Cc4c(Cl)cccc4Cl)nc23)cc1. The molecule has 1 atom stereocenters. The fraction of sp³-hybridized carbons (Fsp3) is 0.292. The van der Waals surface area contributed by atoms with Crippen LogP contribution in [-0.4, -0.2) is 34.6 Å². The number of aromatic nitrogens is 3. The number of anilines is 3. The van der Waals surface area contributed by atoms with Gasteiger partial charge in [0.25, 0.3) is 0 Å². The molecule has 0 amide bonds. The normalized spacial score (nSPS) is 15.5. The molecule has 1 saturated heterocycles. The summed E-state index contributed by atoms with van der Waals surface area (Å²) in [5.41, 5.74) is 1.02. The molecule has 0 radical (unpaired) electrons. The van der Waals surface area contributed by atoms with Gasteiger partial charge >= 0.3 is 6.18 Å². The highest BCUT2D eigenvalue weighted by Crippen LogP contribution is 2.34. The van der Waals surface area contributed by atoms with Gasteiger partial charge in [0, 0.05) is 28.7 Å². The van der Waals surface area contributed by atoms with Crippen molar-refractivity contribution < 1.29 is 13.2 Å². The summed E-state index contributed by atoms with van der Waals surface area (Å²) in [6, 6.07) is 10.1. The van der Waals surface area contributed by atoms with Crippen molar-refractivity contribution in [1.82, 2.24) is 20.3 Å². The van der Waals surface area contributed by atoms with Crippen molar-refractivity contribution in [3.8, 4) is 0 Å². The van der Waals surface area contributed by atoms with E-state index in [2.05, 4.69) is 25.9 Å². The Morgan fingerprint density at radius 3 is 2.41 bits per heavy atom. The Kier molecular flexibility index (Phi) is 8.65. The van der Waals surface area contributed by atoms with Crippen molar-refractivity contribution in [2.45, 2.75) is 19.0 Å². The topological polar surface area (TPSA) is 74.8 Å². The van der Waals surface area contributed by atoms with Gasteiger partial charge in [-0.05, 0) is 67.4 Å². The second-order valence-electron chi connectivity index (χ2n) is 8.47. The van der Waals surface area contributed by atoms with E-state index in [0.29, 0.717) is 56.7 Å². The van der Waals surface area contributed by atoms with E-state index < -0.39 is 11.7 Å². The van der Waals surface area contributed by atoms with Crippen LogP contribution in [0.4, 0.5) is 30.6 Å². The van der Waals surface area contributed by atoms with E-state index in [1.807, 2.05) is 0 Å². The highest BCUT2D eigenvalue weighted by Gasteiger charge is 2.30. The average Bonchev–Trinajstić information content (AvgIpc) is 3.50. The summed E-state index contributed by atoms with van der Waals surface area (Å²) in [7, 11) is 0. The molecule has 5 rings (SSSR count). The van der Waals surface area contributed by atoms with Crippen LogP contribution in [0, 0.1) is 5.92 Å². The minimum Gasteiger partial charge on any atom is -0.354 e. The predicted molar refractivity (Wildman–Crippen MR) is 146 cm³/mol. The van der Waals surface area contributed by atoms with Crippen LogP contribution >= 0.6 is 46.9 Å². The van der Waals surface area contributed by atoms with Gasteiger partial charge in [0.2, 0.25) is 5.95 Å². The molecule has 2 aromatic carbocycles. The first-order chi connectivity index (χ1) is 17.3. The Labute approximate surface area is 231 Å². The summed E-state index contributed by atoms with van der Waals surface area (Å²) >= 11 is 14.1. The standard InChI is InChI=1S/C24H21Cl2F3N6S.ClH/c25-17-2-1-3-18(26)16(17)10-19-33-20-21(32-15-6-4-14(5-7-15)24(27,28)29)34-23(35-22(20)36-19)31-12-13-8-9-30-11-13;/h1-7,13,30H,8-12H2,(H2,31,32,34,35);1H/t13-;/m1./s1. The second-order valence-corrected chi connectivity index (χ2v) is 10.4. The number of rotatable bonds is 7. The number of nitrogens with zero attached hydrogens (tertiary/aromatic N) is 3. The third-order valence-electron chi connectivity index (χ3n) is 5.88. The average molecular weight is 590 g/mol. The Bertz CT molecular complexity index is 1350. The predicted octanol–water partition coefficient (Wildman–Crippen LogP) is 7.19. The van der Waals surface area contributed by atoms with E-state index >= 15 is 0 Å². The van der Waals surface area contributed by atoms with Crippen LogP contribution in [-0.2, 0) is 12.6 Å². The molecule has 1 aliphatic heterocycles. The van der Waals surface area contributed by atoms with Crippen LogP contribution in [0.5, 0.6) is 0 Å². The van der Waals surface area contributed by atoms with Crippen LogP contribution < -0.4 is 16.0 Å². The number of alkyl halides is 3. The highest BCUT2D eigenvalue weighted by molar-refractivity contribution is 7.18. The summed E-state index contributed by atoms with van der Waals surface area (Å²) < 4.78 is 38.9. The lowest BCUT2D eigenvalue weighted by Crippen LogP contribution is -2.18. The molecule has 13 heteroatoms. The van der Waals surface area contributed by atoms with Crippen molar-refractivity contribution in [1.29, 1.82) is 0 Å². The summed E-state index contributed by atoms with van der Waals surface area (Å²) in [6.07, 6.45) is -2.93. The van der Waals surface area contributed by atoms with E-state index in [-0.39, 0.29) is 12.4 Å². The van der Waals surface area contributed by atoms with Gasteiger partial charge in [-0.2, -0.15) is 18.2 Å². The van der Waals surface area contributed by atoms with E-state index in [1.165, 1.54) is 23.5 Å². The van der Waals surface area contributed by atoms with E-state index in [1.54, 1.807) is 18.2 Å². The van der Waals surface area contributed by atoms with Crippen LogP contribution in [0.1, 0.15) is 22.6 Å². The Morgan fingerprint density at radius 2 is 1.76 bits per heavy atom. The van der Waals surface area contributed by atoms with Gasteiger partial charge in [-0.25, -0.2) is 9.97 Å². The molecule has 1 aliphatic rings. The lowest BCUT2D eigenvalue weighted by molar-refractivity contribution is -0.137. The number of hydrogen-bond donors (Lipinski definition) is 3. The number of fused-ring (bicyclic) bond motifs is 1. The van der Waals surface area contributed by atoms with Crippen LogP contribution in [0.25, 0.3) is 10.3 Å². The van der Waals surface area contributed by atoms with E-state index in [9.17, 15) is 13.2 Å².